The molecule has 25 heavy (non-hydrogen) atoms. The molecule has 2 aromatic heterocycles. The van der Waals surface area contributed by atoms with Crippen molar-refractivity contribution in [1.82, 2.24) is 14.3 Å². The lowest BCUT2D eigenvalue weighted by atomic mass is 10.2. The van der Waals surface area contributed by atoms with Gasteiger partial charge in [0, 0.05) is 41.4 Å². The largest absolute Gasteiger partial charge is 0.264 e. The number of rotatable bonds is 6. The molecule has 0 bridgehead atoms. The minimum Gasteiger partial charge on any atom is -0.264 e. The average molecular weight is 465 g/mol. The summed E-state index contributed by atoms with van der Waals surface area (Å²) >= 11 is 2.15. The lowest BCUT2D eigenvalue weighted by Gasteiger charge is -2.22. The van der Waals surface area contributed by atoms with Gasteiger partial charge in [-0.2, -0.15) is 4.31 Å². The predicted molar refractivity (Wildman–Crippen MR) is 104 cm³/mol. The molecule has 0 aliphatic heterocycles. The predicted octanol–water partition coefficient (Wildman–Crippen LogP) is 3.47. The molecular weight excluding hydrogens is 449 g/mol. The molecule has 0 spiro atoms. The Bertz CT molecular complexity index is 876. The van der Waals surface area contributed by atoms with Gasteiger partial charge in [-0.05, 0) is 70.1 Å². The normalized spacial score (nSPS) is 11.6. The van der Waals surface area contributed by atoms with Crippen molar-refractivity contribution in [2.45, 2.75) is 18.0 Å². The molecule has 0 aliphatic rings. The summed E-state index contributed by atoms with van der Waals surface area (Å²) in [7, 11) is -3.64. The van der Waals surface area contributed by atoms with Crippen LogP contribution in [0.4, 0.5) is 0 Å². The Hall–Kier alpha value is -1.84. The Morgan fingerprint density at radius 3 is 1.80 bits per heavy atom. The maximum atomic E-state index is 13.1. The molecule has 0 saturated carbocycles. The van der Waals surface area contributed by atoms with Crippen molar-refractivity contribution in [3.63, 3.8) is 0 Å². The summed E-state index contributed by atoms with van der Waals surface area (Å²) in [4.78, 5) is 8.43. The van der Waals surface area contributed by atoms with Gasteiger partial charge in [0.05, 0.1) is 4.90 Å². The Balaban J connectivity index is 1.95. The third-order valence-corrected chi connectivity index (χ3v) is 6.14. The van der Waals surface area contributed by atoms with Crippen molar-refractivity contribution in [2.75, 3.05) is 0 Å². The number of aromatic nitrogens is 2. The number of hydrogen-bond donors (Lipinski definition) is 0. The highest BCUT2D eigenvalue weighted by Crippen LogP contribution is 2.21. The number of nitrogens with zero attached hydrogens (tertiary/aromatic N) is 3. The Morgan fingerprint density at radius 2 is 1.36 bits per heavy atom. The second-order valence-electron chi connectivity index (χ2n) is 5.45. The number of sulfonamides is 1. The van der Waals surface area contributed by atoms with Gasteiger partial charge < -0.3 is 0 Å². The van der Waals surface area contributed by atoms with Gasteiger partial charge in [-0.15, -0.1) is 0 Å². The maximum Gasteiger partial charge on any atom is 0.243 e. The van der Waals surface area contributed by atoms with Crippen molar-refractivity contribution < 1.29 is 8.42 Å². The molecule has 3 aromatic rings. The van der Waals surface area contributed by atoms with E-state index in [4.69, 9.17) is 0 Å². The van der Waals surface area contributed by atoms with E-state index in [1.165, 1.54) is 4.31 Å². The van der Waals surface area contributed by atoms with Gasteiger partial charge in [-0.1, -0.05) is 12.1 Å². The lowest BCUT2D eigenvalue weighted by Crippen LogP contribution is -2.30. The minimum atomic E-state index is -3.64. The van der Waals surface area contributed by atoms with Crippen LogP contribution in [0.2, 0.25) is 0 Å². The smallest absolute Gasteiger partial charge is 0.243 e. The SMILES string of the molecule is O=S(=O)(c1ccc(I)cc1)N(Cc1cccnc1)Cc1cccnc1. The Morgan fingerprint density at radius 1 is 0.840 bits per heavy atom. The highest BCUT2D eigenvalue weighted by Gasteiger charge is 2.25. The van der Waals surface area contributed by atoms with Crippen LogP contribution in [0.3, 0.4) is 0 Å². The van der Waals surface area contributed by atoms with Crippen molar-refractivity contribution in [3.05, 3.63) is 88.0 Å². The zero-order valence-electron chi connectivity index (χ0n) is 13.3. The molecule has 128 valence electrons. The Kier molecular flexibility index (Phi) is 5.77. The van der Waals surface area contributed by atoms with Crippen molar-refractivity contribution in [3.8, 4) is 0 Å². The van der Waals surface area contributed by atoms with E-state index >= 15 is 0 Å². The van der Waals surface area contributed by atoms with E-state index in [1.807, 2.05) is 12.1 Å². The molecule has 1 aromatic carbocycles. The van der Waals surface area contributed by atoms with E-state index in [1.54, 1.807) is 61.2 Å². The van der Waals surface area contributed by atoms with E-state index in [-0.39, 0.29) is 18.0 Å². The summed E-state index contributed by atoms with van der Waals surface area (Å²) in [6.45, 7) is 0.494. The van der Waals surface area contributed by atoms with Crippen LogP contribution in [0.25, 0.3) is 0 Å². The van der Waals surface area contributed by atoms with Crippen LogP contribution in [0.15, 0.2) is 78.2 Å². The molecule has 0 unspecified atom stereocenters. The average Bonchev–Trinajstić information content (AvgIpc) is 2.63. The summed E-state index contributed by atoms with van der Waals surface area (Å²) in [6, 6.07) is 14.2. The zero-order valence-corrected chi connectivity index (χ0v) is 16.3. The molecule has 2 heterocycles. The van der Waals surface area contributed by atoms with Crippen molar-refractivity contribution >= 4 is 32.6 Å². The summed E-state index contributed by atoms with van der Waals surface area (Å²) in [5.74, 6) is 0. The topological polar surface area (TPSA) is 63.2 Å². The van der Waals surface area contributed by atoms with E-state index in [9.17, 15) is 8.42 Å². The van der Waals surface area contributed by atoms with Crippen molar-refractivity contribution in [2.24, 2.45) is 0 Å². The number of benzene rings is 1. The third-order valence-electron chi connectivity index (χ3n) is 3.61. The fraction of sp³-hybridized carbons (Fsp3) is 0.111. The standard InChI is InChI=1S/C18H16IN3O2S/c19-17-5-7-18(8-6-17)25(23,24)22(13-15-3-1-9-20-11-15)14-16-4-2-10-21-12-16/h1-12H,13-14H2. The lowest BCUT2D eigenvalue weighted by molar-refractivity contribution is 0.400. The van der Waals surface area contributed by atoms with Gasteiger partial charge in [0.25, 0.3) is 0 Å². The van der Waals surface area contributed by atoms with E-state index in [0.29, 0.717) is 0 Å². The van der Waals surface area contributed by atoms with Crippen LogP contribution in [0.5, 0.6) is 0 Å². The Labute approximate surface area is 160 Å². The molecular formula is C18H16IN3O2S. The van der Waals surface area contributed by atoms with Gasteiger partial charge >= 0.3 is 0 Å². The minimum absolute atomic E-state index is 0.247. The third kappa shape index (κ3) is 4.62. The number of pyridine rings is 2. The van der Waals surface area contributed by atoms with Crippen LogP contribution in [0, 0.1) is 3.57 Å². The summed E-state index contributed by atoms with van der Waals surface area (Å²) < 4.78 is 28.7. The first-order valence-electron chi connectivity index (χ1n) is 7.59. The molecule has 0 amide bonds. The van der Waals surface area contributed by atoms with Crippen LogP contribution in [-0.2, 0) is 23.1 Å². The van der Waals surface area contributed by atoms with E-state index < -0.39 is 10.0 Å². The highest BCUT2D eigenvalue weighted by atomic mass is 127. The maximum absolute atomic E-state index is 13.1. The van der Waals surface area contributed by atoms with Crippen molar-refractivity contribution in [1.29, 1.82) is 0 Å². The fourth-order valence-corrected chi connectivity index (χ4v) is 4.15. The molecule has 3 rings (SSSR count). The van der Waals surface area contributed by atoms with Crippen LogP contribution < -0.4 is 0 Å². The molecule has 0 aliphatic carbocycles. The first-order valence-corrected chi connectivity index (χ1v) is 10.1. The van der Waals surface area contributed by atoms with Gasteiger partial charge in [0.2, 0.25) is 10.0 Å². The first kappa shape index (κ1) is 18.0. The summed E-state index contributed by atoms with van der Waals surface area (Å²) in [5, 5.41) is 0. The first-order chi connectivity index (χ1) is 12.1. The molecule has 0 saturated heterocycles. The van der Waals surface area contributed by atoms with Gasteiger partial charge in [-0.25, -0.2) is 8.42 Å². The fourth-order valence-electron chi connectivity index (χ4n) is 2.37. The second kappa shape index (κ2) is 8.03. The molecule has 7 heteroatoms. The molecule has 0 N–H and O–H groups in total. The van der Waals surface area contributed by atoms with Gasteiger partial charge in [0.15, 0.2) is 0 Å². The molecule has 0 radical (unpaired) electrons. The van der Waals surface area contributed by atoms with Crippen LogP contribution in [-0.4, -0.2) is 22.7 Å². The van der Waals surface area contributed by atoms with E-state index in [0.717, 1.165) is 14.7 Å². The van der Waals surface area contributed by atoms with Gasteiger partial charge in [-0.3, -0.25) is 9.97 Å². The van der Waals surface area contributed by atoms with Crippen LogP contribution >= 0.6 is 22.6 Å². The number of halogens is 1. The summed E-state index contributed by atoms with van der Waals surface area (Å²) in [5.41, 5.74) is 1.67. The number of hydrogen-bond acceptors (Lipinski definition) is 4. The second-order valence-corrected chi connectivity index (χ2v) is 8.63. The summed E-state index contributed by atoms with van der Waals surface area (Å²) in [6.07, 6.45) is 6.70. The zero-order chi connectivity index (χ0) is 17.7. The quantitative estimate of drug-likeness (QED) is 0.524. The molecule has 0 atom stereocenters. The highest BCUT2D eigenvalue weighted by molar-refractivity contribution is 14.1. The molecule has 0 fully saturated rings. The van der Waals surface area contributed by atoms with Gasteiger partial charge in [0.1, 0.15) is 0 Å². The van der Waals surface area contributed by atoms with E-state index in [2.05, 4.69) is 32.6 Å². The monoisotopic (exact) mass is 465 g/mol. The van der Waals surface area contributed by atoms with Crippen LogP contribution in [0.1, 0.15) is 11.1 Å². The molecule has 5 nitrogen and oxygen atoms in total.